The van der Waals surface area contributed by atoms with Gasteiger partial charge in [-0.05, 0) is 56.9 Å². The van der Waals surface area contributed by atoms with Crippen LogP contribution in [0.3, 0.4) is 0 Å². The number of aliphatic hydroxyl groups excluding tert-OH is 1. The summed E-state index contributed by atoms with van der Waals surface area (Å²) in [5.74, 6) is -1.02. The molecule has 1 fully saturated rings. The highest BCUT2D eigenvalue weighted by Crippen LogP contribution is 2.46. The number of carbonyl (C=O) groups is 2. The van der Waals surface area contributed by atoms with Crippen molar-refractivity contribution in [1.82, 2.24) is 4.90 Å². The maximum Gasteiger partial charge on any atom is 0.326 e. The Labute approximate surface area is 140 Å². The van der Waals surface area contributed by atoms with E-state index >= 15 is 0 Å². The van der Waals surface area contributed by atoms with Crippen LogP contribution in [0.1, 0.15) is 38.3 Å². The number of ether oxygens (including phenoxy) is 2. The third kappa shape index (κ3) is 2.74. The predicted octanol–water partition coefficient (Wildman–Crippen LogP) is 0.887. The second kappa shape index (κ2) is 5.46. The lowest BCUT2D eigenvalue weighted by Gasteiger charge is -2.23. The number of hydrogen-bond acceptors (Lipinski definition) is 6. The zero-order valence-corrected chi connectivity index (χ0v) is 14.0. The number of aryl methyl sites for hydroxylation is 1. The van der Waals surface area contributed by atoms with Crippen LogP contribution in [0.5, 0.6) is 0 Å². The van der Waals surface area contributed by atoms with Gasteiger partial charge in [-0.1, -0.05) is 6.07 Å². The molecule has 130 valence electrons. The second-order valence-corrected chi connectivity index (χ2v) is 7.21. The van der Waals surface area contributed by atoms with Crippen molar-refractivity contribution in [2.45, 2.75) is 51.2 Å². The summed E-state index contributed by atoms with van der Waals surface area (Å²) in [5.41, 5.74) is 6.11. The van der Waals surface area contributed by atoms with Gasteiger partial charge in [0.25, 0.3) is 5.91 Å². The zero-order chi connectivity index (χ0) is 17.7. The molecular formula is C17H22N2O5. The third-order valence-corrected chi connectivity index (χ3v) is 4.21. The van der Waals surface area contributed by atoms with Crippen LogP contribution in [0.2, 0.25) is 0 Å². The van der Waals surface area contributed by atoms with Gasteiger partial charge in [-0.15, -0.1) is 0 Å². The van der Waals surface area contributed by atoms with E-state index in [4.69, 9.17) is 15.2 Å². The smallest absolute Gasteiger partial charge is 0.326 e. The van der Waals surface area contributed by atoms with Gasteiger partial charge < -0.3 is 20.3 Å². The predicted molar refractivity (Wildman–Crippen MR) is 85.5 cm³/mol. The van der Waals surface area contributed by atoms with Crippen molar-refractivity contribution < 1.29 is 24.2 Å². The van der Waals surface area contributed by atoms with Crippen molar-refractivity contribution in [1.29, 1.82) is 0 Å². The quantitative estimate of drug-likeness (QED) is 0.615. The van der Waals surface area contributed by atoms with E-state index in [1.165, 1.54) is 0 Å². The van der Waals surface area contributed by atoms with Crippen molar-refractivity contribution in [2.24, 2.45) is 0 Å². The molecule has 7 heteroatoms. The molecule has 1 aliphatic carbocycles. The van der Waals surface area contributed by atoms with E-state index < -0.39 is 29.5 Å². The maximum absolute atomic E-state index is 12.9. The first-order valence-corrected chi connectivity index (χ1v) is 7.90. The molecule has 0 radical (unpaired) electrons. The first-order valence-electron chi connectivity index (χ1n) is 7.90. The lowest BCUT2D eigenvalue weighted by Crippen LogP contribution is -2.42. The van der Waals surface area contributed by atoms with Crippen molar-refractivity contribution in [3.8, 4) is 0 Å². The molecule has 2 aliphatic rings. The minimum absolute atomic E-state index is 0.358. The molecule has 1 aromatic carbocycles. The number of aliphatic hydroxyl groups is 1. The van der Waals surface area contributed by atoms with E-state index in [1.807, 2.05) is 6.07 Å². The molecule has 1 aliphatic heterocycles. The van der Waals surface area contributed by atoms with Gasteiger partial charge in [0.05, 0.1) is 0 Å². The first kappa shape index (κ1) is 16.7. The second-order valence-electron chi connectivity index (χ2n) is 7.21. The van der Waals surface area contributed by atoms with Crippen LogP contribution in [-0.4, -0.2) is 40.4 Å². The Morgan fingerprint density at radius 1 is 1.50 bits per heavy atom. The summed E-state index contributed by atoms with van der Waals surface area (Å²) >= 11 is 0. The summed E-state index contributed by atoms with van der Waals surface area (Å²) in [5, 5.41) is 10.2. The fraction of sp³-hybridized carbons (Fsp3) is 0.529. The Morgan fingerprint density at radius 2 is 2.21 bits per heavy atom. The van der Waals surface area contributed by atoms with Crippen LogP contribution in [0.25, 0.3) is 0 Å². The maximum atomic E-state index is 12.9. The number of rotatable bonds is 2. The molecule has 0 bridgehead atoms. The molecule has 0 saturated carbocycles. The minimum Gasteiger partial charge on any atom is -0.459 e. The normalized spacial score (nSPS) is 26.1. The van der Waals surface area contributed by atoms with Crippen LogP contribution >= 0.6 is 0 Å². The Balaban J connectivity index is 1.83. The van der Waals surface area contributed by atoms with Crippen molar-refractivity contribution in [2.75, 3.05) is 12.3 Å². The largest absolute Gasteiger partial charge is 0.459 e. The number of nitrogens with zero attached hydrogens (tertiary/aromatic N) is 1. The van der Waals surface area contributed by atoms with E-state index in [9.17, 15) is 14.7 Å². The molecule has 1 aromatic rings. The van der Waals surface area contributed by atoms with Crippen LogP contribution in [0.15, 0.2) is 18.2 Å². The summed E-state index contributed by atoms with van der Waals surface area (Å²) in [6.07, 6.45) is -0.445. The molecule has 0 aromatic heterocycles. The van der Waals surface area contributed by atoms with E-state index in [-0.39, 0.29) is 6.54 Å². The van der Waals surface area contributed by atoms with E-state index in [0.717, 1.165) is 10.5 Å². The summed E-state index contributed by atoms with van der Waals surface area (Å²) in [6.45, 7) is 4.86. The Bertz CT molecular complexity index is 697. The van der Waals surface area contributed by atoms with Gasteiger partial charge in [0.2, 0.25) is 6.41 Å². The summed E-state index contributed by atoms with van der Waals surface area (Å²) in [4.78, 5) is 25.9. The van der Waals surface area contributed by atoms with E-state index in [1.54, 1.807) is 32.9 Å². The van der Waals surface area contributed by atoms with Crippen molar-refractivity contribution in [3.05, 3.63) is 29.3 Å². The topological polar surface area (TPSA) is 102 Å². The van der Waals surface area contributed by atoms with Gasteiger partial charge in [-0.25, -0.2) is 0 Å². The molecule has 1 spiro atoms. The first-order chi connectivity index (χ1) is 11.1. The molecule has 1 saturated heterocycles. The molecule has 1 amide bonds. The van der Waals surface area contributed by atoms with Crippen molar-refractivity contribution in [3.63, 3.8) is 0 Å². The number of hydrogen-bond donors (Lipinski definition) is 2. The van der Waals surface area contributed by atoms with E-state index in [2.05, 4.69) is 0 Å². The van der Waals surface area contributed by atoms with Gasteiger partial charge >= 0.3 is 5.97 Å². The van der Waals surface area contributed by atoms with Gasteiger partial charge in [-0.3, -0.25) is 14.5 Å². The van der Waals surface area contributed by atoms with Crippen LogP contribution in [0, 0.1) is 0 Å². The number of esters is 1. The van der Waals surface area contributed by atoms with E-state index in [0.29, 0.717) is 24.1 Å². The average Bonchev–Trinajstić information content (AvgIpc) is 2.91. The van der Waals surface area contributed by atoms with Gasteiger partial charge in [0.1, 0.15) is 12.1 Å². The summed E-state index contributed by atoms with van der Waals surface area (Å²) < 4.78 is 10.8. The average molecular weight is 334 g/mol. The third-order valence-electron chi connectivity index (χ3n) is 4.21. The molecule has 2 atom stereocenters. The molecule has 3 rings (SSSR count). The molecule has 24 heavy (non-hydrogen) atoms. The Hall–Kier alpha value is -2.12. The lowest BCUT2D eigenvalue weighted by atomic mass is 9.95. The monoisotopic (exact) mass is 334 g/mol. The van der Waals surface area contributed by atoms with Gasteiger partial charge in [0, 0.05) is 5.69 Å². The number of benzene rings is 1. The number of anilines is 1. The molecule has 3 N–H and O–H groups in total. The number of nitrogens with two attached hydrogens (primary N) is 1. The lowest BCUT2D eigenvalue weighted by molar-refractivity contribution is -0.186. The molecule has 7 nitrogen and oxygen atoms in total. The zero-order valence-electron chi connectivity index (χ0n) is 14.0. The standard InChI is InChI=1S/C17H22N2O5/c1-16(2,3)23-13(20)9-19-14(21)17(24-15(19)22)7-6-10-8-11(18)4-5-12(10)17/h4-5,8,15,22H,6-7,9,18H2,1-3H3. The number of fused-ring (bicyclic) bond motifs is 2. The Morgan fingerprint density at radius 3 is 2.88 bits per heavy atom. The molecule has 1 heterocycles. The highest BCUT2D eigenvalue weighted by Gasteiger charge is 2.57. The fourth-order valence-electron chi connectivity index (χ4n) is 3.29. The van der Waals surface area contributed by atoms with Crippen LogP contribution < -0.4 is 5.73 Å². The minimum atomic E-state index is -1.48. The highest BCUT2D eigenvalue weighted by molar-refractivity contribution is 5.92. The van der Waals surface area contributed by atoms with Crippen molar-refractivity contribution >= 4 is 17.6 Å². The molecular weight excluding hydrogens is 312 g/mol. The summed E-state index contributed by atoms with van der Waals surface area (Å²) in [7, 11) is 0. The van der Waals surface area contributed by atoms with Crippen LogP contribution in [0.4, 0.5) is 5.69 Å². The fourth-order valence-corrected chi connectivity index (χ4v) is 3.29. The number of amides is 1. The van der Waals surface area contributed by atoms with Gasteiger partial charge in [0.15, 0.2) is 5.60 Å². The molecule has 2 unspecified atom stereocenters. The summed E-state index contributed by atoms with van der Waals surface area (Å²) in [6, 6.07) is 5.26. The van der Waals surface area contributed by atoms with Gasteiger partial charge in [-0.2, -0.15) is 0 Å². The van der Waals surface area contributed by atoms with Crippen LogP contribution in [-0.2, 0) is 31.1 Å². The Kier molecular flexibility index (Phi) is 3.80. The highest BCUT2D eigenvalue weighted by atomic mass is 16.7. The number of nitrogen functional groups attached to an aromatic ring is 1. The number of carbonyl (C=O) groups excluding carboxylic acids is 2. The SMILES string of the molecule is CC(C)(C)OC(=O)CN1C(=O)C2(CCc3cc(N)ccc32)OC1O.